The van der Waals surface area contributed by atoms with E-state index in [2.05, 4.69) is 25.3 Å². The number of halogens is 4. The van der Waals surface area contributed by atoms with Gasteiger partial charge in [0.05, 0.1) is 1.37 Å². The van der Waals surface area contributed by atoms with E-state index in [4.69, 9.17) is 21.2 Å². The number of pyridine rings is 1. The molecule has 0 unspecified atom stereocenters. The Morgan fingerprint density at radius 1 is 1.17 bits per heavy atom. The first-order chi connectivity index (χ1) is 14.0. The van der Waals surface area contributed by atoms with Crippen molar-refractivity contribution in [1.29, 1.82) is 0 Å². The summed E-state index contributed by atoms with van der Waals surface area (Å²) in [6.45, 7) is -4.75. The predicted molar refractivity (Wildman–Crippen MR) is 86.0 cm³/mol. The molecule has 0 radical (unpaired) electrons. The first kappa shape index (κ1) is 10.7. The molecule has 130 valence electrons. The summed E-state index contributed by atoms with van der Waals surface area (Å²) in [7, 11) is 0. The zero-order valence-electron chi connectivity index (χ0n) is 19.1. The van der Waals surface area contributed by atoms with Crippen LogP contribution in [0.4, 0.5) is 25.1 Å². The highest BCUT2D eigenvalue weighted by molar-refractivity contribution is 6.29. The van der Waals surface area contributed by atoms with Crippen molar-refractivity contribution in [2.75, 3.05) is 10.6 Å². The van der Waals surface area contributed by atoms with Crippen LogP contribution in [0.5, 0.6) is 0 Å². The lowest BCUT2D eigenvalue weighted by Crippen LogP contribution is -2.34. The number of rotatable bonds is 5. The quantitative estimate of drug-likeness (QED) is 0.783. The largest absolute Gasteiger partial charge is 0.408 e. The Balaban J connectivity index is 2.59. The summed E-state index contributed by atoms with van der Waals surface area (Å²) < 4.78 is 91.4. The van der Waals surface area contributed by atoms with Crippen molar-refractivity contribution >= 4 is 23.5 Å². The zero-order valence-corrected chi connectivity index (χ0v) is 12.9. The molecular formula is C14H16ClF3N6. The van der Waals surface area contributed by atoms with E-state index in [0.29, 0.717) is 0 Å². The van der Waals surface area contributed by atoms with Crippen LogP contribution in [0.2, 0.25) is 5.15 Å². The summed E-state index contributed by atoms with van der Waals surface area (Å²) in [5.74, 6) is -1.70. The van der Waals surface area contributed by atoms with Gasteiger partial charge >= 0.3 is 6.18 Å². The second-order valence-electron chi connectivity index (χ2n) is 4.55. The van der Waals surface area contributed by atoms with Crippen molar-refractivity contribution in [3.05, 3.63) is 23.3 Å². The lowest BCUT2D eigenvalue weighted by Gasteiger charge is -2.18. The summed E-state index contributed by atoms with van der Waals surface area (Å²) in [6.07, 6.45) is -5.19. The Hall–Kier alpha value is -2.16. The molecular weight excluding hydrogens is 345 g/mol. The fraction of sp³-hybridized carbons (Fsp3) is 0.429. The van der Waals surface area contributed by atoms with E-state index in [1.54, 1.807) is 5.32 Å². The highest BCUT2D eigenvalue weighted by Crippen LogP contribution is 2.24. The first-order valence-corrected chi connectivity index (χ1v) is 6.85. The Bertz CT molecular complexity index is 924. The average Bonchev–Trinajstić information content (AvgIpc) is 2.59. The van der Waals surface area contributed by atoms with Crippen molar-refractivity contribution in [1.82, 2.24) is 19.9 Å². The van der Waals surface area contributed by atoms with Gasteiger partial charge in [0.25, 0.3) is 0 Å². The van der Waals surface area contributed by atoms with Crippen LogP contribution in [-0.2, 0) is 0 Å². The predicted octanol–water partition coefficient (Wildman–Crippen LogP) is 3.77. The minimum absolute atomic E-state index is 0.0676. The Labute approximate surface area is 151 Å². The van der Waals surface area contributed by atoms with E-state index in [-0.39, 0.29) is 16.9 Å². The van der Waals surface area contributed by atoms with Crippen molar-refractivity contribution in [2.45, 2.75) is 38.9 Å². The van der Waals surface area contributed by atoms with E-state index in [9.17, 15) is 13.2 Å². The van der Waals surface area contributed by atoms with Crippen LogP contribution in [0.15, 0.2) is 18.2 Å². The highest BCUT2D eigenvalue weighted by Gasteiger charge is 2.36. The molecule has 2 N–H and O–H groups in total. The molecule has 10 heteroatoms. The second kappa shape index (κ2) is 7.16. The standard InChI is InChI=1S/C14H16ClF3N6/c1-7(2)19-12-22-11(9-5-4-6-10(15)21-9)23-13(24-12)20-8(3)14(16,17)18/h4-8H,1-3H3,(H2,19,20,22,23,24)/t8-/m1/s1/i1D3,3D3,5D/t7-,8-. The molecule has 24 heavy (non-hydrogen) atoms. The van der Waals surface area contributed by atoms with Crippen molar-refractivity contribution in [2.24, 2.45) is 0 Å². The molecule has 0 aromatic carbocycles. The second-order valence-corrected chi connectivity index (χ2v) is 4.94. The van der Waals surface area contributed by atoms with Gasteiger partial charge in [-0.2, -0.15) is 28.1 Å². The van der Waals surface area contributed by atoms with E-state index in [1.807, 2.05) is 0 Å². The molecule has 2 rings (SSSR count). The molecule has 0 amide bonds. The third-order valence-corrected chi connectivity index (χ3v) is 2.66. The van der Waals surface area contributed by atoms with Gasteiger partial charge in [-0.3, -0.25) is 0 Å². The Kier molecular flexibility index (Phi) is 3.18. The number of nitrogens with one attached hydrogen (secondary N) is 2. The number of alkyl halides is 3. The van der Waals surface area contributed by atoms with Crippen molar-refractivity contribution in [3.63, 3.8) is 0 Å². The normalized spacial score (nSPS) is 19.5. The van der Waals surface area contributed by atoms with Crippen LogP contribution in [0.3, 0.4) is 0 Å². The SMILES string of the molecule is [2H]c1ccc(Cl)nc1-c1nc(N[C@@H](C)C([2H])([2H])[2H])nc(N[C@H](C([2H])([2H])[2H])C(F)(F)F)n1. The van der Waals surface area contributed by atoms with Crippen LogP contribution in [0.25, 0.3) is 11.5 Å². The third kappa shape index (κ3) is 4.92. The molecule has 2 aromatic rings. The number of hydrogen-bond donors (Lipinski definition) is 2. The van der Waals surface area contributed by atoms with Crippen LogP contribution in [0, 0.1) is 0 Å². The van der Waals surface area contributed by atoms with Crippen LogP contribution < -0.4 is 10.6 Å². The molecule has 2 atom stereocenters. The molecule has 0 bridgehead atoms. The van der Waals surface area contributed by atoms with Crippen molar-refractivity contribution < 1.29 is 22.8 Å². The Morgan fingerprint density at radius 3 is 2.50 bits per heavy atom. The molecule has 0 spiro atoms. The molecule has 6 nitrogen and oxygen atoms in total. The maximum atomic E-state index is 13.3. The molecule has 2 heterocycles. The molecule has 0 aliphatic rings. The van der Waals surface area contributed by atoms with E-state index >= 15 is 0 Å². The summed E-state index contributed by atoms with van der Waals surface area (Å²) in [6, 6.07) is -1.96. The lowest BCUT2D eigenvalue weighted by molar-refractivity contribution is -0.138. The van der Waals surface area contributed by atoms with Gasteiger partial charge in [-0.05, 0) is 32.7 Å². The van der Waals surface area contributed by atoms with Gasteiger partial charge in [0, 0.05) is 14.3 Å². The van der Waals surface area contributed by atoms with E-state index in [0.717, 1.165) is 0 Å². The molecule has 0 saturated carbocycles. The monoisotopic (exact) mass is 367 g/mol. The smallest absolute Gasteiger partial charge is 0.352 e. The topological polar surface area (TPSA) is 75.6 Å². The fourth-order valence-corrected chi connectivity index (χ4v) is 1.64. The molecule has 0 saturated heterocycles. The van der Waals surface area contributed by atoms with Gasteiger partial charge in [0.15, 0.2) is 5.82 Å². The molecule has 0 aliphatic heterocycles. The first-order valence-electron chi connectivity index (χ1n) is 9.98. The third-order valence-electron chi connectivity index (χ3n) is 2.45. The van der Waals surface area contributed by atoms with Crippen LogP contribution in [-0.4, -0.2) is 38.2 Å². The van der Waals surface area contributed by atoms with Gasteiger partial charge < -0.3 is 10.6 Å². The maximum absolute atomic E-state index is 13.3. The van der Waals surface area contributed by atoms with Gasteiger partial charge in [-0.25, -0.2) is 4.98 Å². The van der Waals surface area contributed by atoms with Crippen LogP contribution >= 0.6 is 11.6 Å². The summed E-state index contributed by atoms with van der Waals surface area (Å²) in [5, 5.41) is 4.04. The van der Waals surface area contributed by atoms with Crippen molar-refractivity contribution in [3.8, 4) is 11.5 Å². The molecule has 2 aromatic heterocycles. The average molecular weight is 368 g/mol. The van der Waals surface area contributed by atoms with Gasteiger partial charge in [-0.15, -0.1) is 0 Å². The highest BCUT2D eigenvalue weighted by atomic mass is 35.5. The fourth-order valence-electron chi connectivity index (χ4n) is 1.50. The van der Waals surface area contributed by atoms with Gasteiger partial charge in [0.1, 0.15) is 16.9 Å². The maximum Gasteiger partial charge on any atom is 0.408 e. The zero-order chi connectivity index (χ0) is 23.8. The Morgan fingerprint density at radius 2 is 1.88 bits per heavy atom. The lowest BCUT2D eigenvalue weighted by atomic mass is 10.3. The molecule has 0 fully saturated rings. The van der Waals surface area contributed by atoms with Crippen LogP contribution in [0.1, 0.15) is 30.2 Å². The summed E-state index contributed by atoms with van der Waals surface area (Å²) in [4.78, 5) is 15.2. The number of anilines is 2. The summed E-state index contributed by atoms with van der Waals surface area (Å²) in [5.41, 5.74) is -0.236. The minimum Gasteiger partial charge on any atom is -0.352 e. The summed E-state index contributed by atoms with van der Waals surface area (Å²) >= 11 is 5.80. The molecule has 0 aliphatic carbocycles. The van der Waals surface area contributed by atoms with E-state index < -0.39 is 49.7 Å². The van der Waals surface area contributed by atoms with E-state index in [1.165, 1.54) is 19.1 Å². The minimum atomic E-state index is -5.19. The van der Waals surface area contributed by atoms with Gasteiger partial charge in [0.2, 0.25) is 11.9 Å². The number of nitrogens with zero attached hydrogens (tertiary/aromatic N) is 4. The number of hydrogen-bond acceptors (Lipinski definition) is 6. The van der Waals surface area contributed by atoms with Gasteiger partial charge in [-0.1, -0.05) is 17.7 Å². The number of aromatic nitrogens is 4.